The molecule has 0 bridgehead atoms. The quantitative estimate of drug-likeness (QED) is 0.403. The average Bonchev–Trinajstić information content (AvgIpc) is 3.14. The van der Waals surface area contributed by atoms with Crippen molar-refractivity contribution in [2.45, 2.75) is 11.8 Å². The lowest BCUT2D eigenvalue weighted by Crippen LogP contribution is -2.22. The number of methoxy groups -OCH3 is 1. The molecule has 7 nitrogen and oxygen atoms in total. The highest BCUT2D eigenvalue weighted by Gasteiger charge is 2.14. The molecule has 0 fully saturated rings. The van der Waals surface area contributed by atoms with Crippen LogP contribution >= 0.6 is 0 Å². The number of amides is 1. The lowest BCUT2D eigenvalue weighted by atomic mass is 10.1. The van der Waals surface area contributed by atoms with Crippen LogP contribution < -0.4 is 14.8 Å². The van der Waals surface area contributed by atoms with E-state index in [4.69, 9.17) is 9.15 Å². The molecule has 1 amide bonds. The van der Waals surface area contributed by atoms with Crippen LogP contribution in [-0.2, 0) is 14.8 Å². The number of nitrogens with one attached hydrogen (secondary N) is 2. The number of carbonyl (C=O) groups is 1. The average molecular weight is 451 g/mol. The Bertz CT molecular complexity index is 1420. The fourth-order valence-electron chi connectivity index (χ4n) is 3.40. The molecule has 0 aliphatic heterocycles. The Morgan fingerprint density at radius 3 is 2.50 bits per heavy atom. The lowest BCUT2D eigenvalue weighted by molar-refractivity contribution is -0.111. The van der Waals surface area contributed by atoms with Gasteiger partial charge in [0.1, 0.15) is 16.9 Å². The van der Waals surface area contributed by atoms with Crippen molar-refractivity contribution in [3.05, 3.63) is 72.3 Å². The summed E-state index contributed by atoms with van der Waals surface area (Å²) in [5.41, 5.74) is 2.58. The van der Waals surface area contributed by atoms with Gasteiger partial charge in [0.05, 0.1) is 17.7 Å². The van der Waals surface area contributed by atoms with Gasteiger partial charge in [0.25, 0.3) is 0 Å². The van der Waals surface area contributed by atoms with Gasteiger partial charge < -0.3 is 14.5 Å². The van der Waals surface area contributed by atoms with Gasteiger partial charge in [-0.25, -0.2) is 13.1 Å². The van der Waals surface area contributed by atoms with Gasteiger partial charge in [-0.2, -0.15) is 0 Å². The zero-order chi connectivity index (χ0) is 22.7. The minimum Gasteiger partial charge on any atom is -0.495 e. The molecule has 0 radical (unpaired) electrons. The maximum absolute atomic E-state index is 12.5. The lowest BCUT2D eigenvalue weighted by Gasteiger charge is -2.09. The van der Waals surface area contributed by atoms with Crippen LogP contribution in [0.15, 0.2) is 76.1 Å². The van der Waals surface area contributed by atoms with Crippen LogP contribution in [-0.4, -0.2) is 28.0 Å². The molecular formula is C24H22N2O5S. The molecule has 0 aliphatic rings. The second-order valence-corrected chi connectivity index (χ2v) is 8.81. The Kier molecular flexibility index (Phi) is 5.98. The summed E-state index contributed by atoms with van der Waals surface area (Å²) in [6.45, 7) is 2.03. The standard InChI is InChI=1S/C24H22N2O5S/c1-3-25-32(28,29)17-11-8-16(9-12-17)10-13-24(27)26-20-15-22-19(14-23(20)30-2)18-6-4-5-7-21(18)31-22/h4-15,25H,3H2,1-2H3,(H,26,27)/b13-10+. The molecule has 4 aromatic rings. The summed E-state index contributed by atoms with van der Waals surface area (Å²) in [6, 6.07) is 17.5. The third kappa shape index (κ3) is 4.37. The molecule has 0 saturated carbocycles. The molecule has 8 heteroatoms. The summed E-state index contributed by atoms with van der Waals surface area (Å²) < 4.78 is 37.8. The molecule has 1 aromatic heterocycles. The molecular weight excluding hydrogens is 428 g/mol. The predicted molar refractivity (Wildman–Crippen MR) is 125 cm³/mol. The molecule has 3 aromatic carbocycles. The van der Waals surface area contributed by atoms with Crippen LogP contribution in [0.1, 0.15) is 12.5 Å². The molecule has 164 valence electrons. The van der Waals surface area contributed by atoms with E-state index >= 15 is 0 Å². The molecule has 0 unspecified atom stereocenters. The zero-order valence-electron chi connectivity index (χ0n) is 17.6. The Hall–Kier alpha value is -3.62. The van der Waals surface area contributed by atoms with E-state index < -0.39 is 10.0 Å². The van der Waals surface area contributed by atoms with Crippen molar-refractivity contribution in [3.63, 3.8) is 0 Å². The van der Waals surface area contributed by atoms with Crippen LogP contribution in [0.5, 0.6) is 5.75 Å². The van der Waals surface area contributed by atoms with E-state index in [1.807, 2.05) is 30.3 Å². The third-order valence-electron chi connectivity index (χ3n) is 4.91. The number of carbonyl (C=O) groups excluding carboxylic acids is 1. The molecule has 1 heterocycles. The zero-order valence-corrected chi connectivity index (χ0v) is 18.4. The molecule has 0 spiro atoms. The van der Waals surface area contributed by atoms with Gasteiger partial charge in [-0.3, -0.25) is 4.79 Å². The molecule has 32 heavy (non-hydrogen) atoms. The normalized spacial score (nSPS) is 11.9. The summed E-state index contributed by atoms with van der Waals surface area (Å²) >= 11 is 0. The van der Waals surface area contributed by atoms with Gasteiger partial charge >= 0.3 is 0 Å². The van der Waals surface area contributed by atoms with E-state index in [1.165, 1.54) is 25.3 Å². The fourth-order valence-corrected chi connectivity index (χ4v) is 4.44. The van der Waals surface area contributed by atoms with Gasteiger partial charge in [-0.15, -0.1) is 0 Å². The smallest absolute Gasteiger partial charge is 0.248 e. The number of para-hydroxylation sites is 1. The molecule has 0 atom stereocenters. The number of benzene rings is 3. The van der Waals surface area contributed by atoms with Crippen molar-refractivity contribution < 1.29 is 22.4 Å². The molecule has 4 rings (SSSR count). The SMILES string of the molecule is CCNS(=O)(=O)c1ccc(/C=C/C(=O)Nc2cc3oc4ccccc4c3cc2OC)cc1. The van der Waals surface area contributed by atoms with E-state index in [-0.39, 0.29) is 10.8 Å². The predicted octanol–water partition coefficient (Wildman–Crippen LogP) is 4.54. The minimum absolute atomic E-state index is 0.171. The van der Waals surface area contributed by atoms with Crippen LogP contribution in [0.2, 0.25) is 0 Å². The van der Waals surface area contributed by atoms with E-state index in [1.54, 1.807) is 31.2 Å². The van der Waals surface area contributed by atoms with E-state index in [0.29, 0.717) is 29.1 Å². The maximum atomic E-state index is 12.5. The van der Waals surface area contributed by atoms with E-state index in [9.17, 15) is 13.2 Å². The first kappa shape index (κ1) is 21.6. The van der Waals surface area contributed by atoms with E-state index in [0.717, 1.165) is 16.4 Å². The monoisotopic (exact) mass is 450 g/mol. The number of rotatable bonds is 7. The summed E-state index contributed by atoms with van der Waals surface area (Å²) in [7, 11) is -1.97. The topological polar surface area (TPSA) is 97.6 Å². The summed E-state index contributed by atoms with van der Waals surface area (Å²) in [5, 5.41) is 4.68. The van der Waals surface area contributed by atoms with Crippen molar-refractivity contribution >= 4 is 49.6 Å². The van der Waals surface area contributed by atoms with Crippen LogP contribution in [0.25, 0.3) is 28.0 Å². The summed E-state index contributed by atoms with van der Waals surface area (Å²) in [6.07, 6.45) is 2.97. The van der Waals surface area contributed by atoms with Crippen LogP contribution in [0, 0.1) is 0 Å². The highest BCUT2D eigenvalue weighted by molar-refractivity contribution is 7.89. The number of ether oxygens (including phenoxy) is 1. The second kappa shape index (κ2) is 8.86. The summed E-state index contributed by atoms with van der Waals surface area (Å²) in [4.78, 5) is 12.7. The Morgan fingerprint density at radius 1 is 1.03 bits per heavy atom. The highest BCUT2D eigenvalue weighted by Crippen LogP contribution is 2.36. The molecule has 0 saturated heterocycles. The highest BCUT2D eigenvalue weighted by atomic mass is 32.2. The largest absolute Gasteiger partial charge is 0.495 e. The van der Waals surface area contributed by atoms with Crippen LogP contribution in [0.3, 0.4) is 0 Å². The Labute approximate surface area is 185 Å². The number of anilines is 1. The van der Waals surface area contributed by atoms with Gasteiger partial charge in [-0.1, -0.05) is 37.3 Å². The first-order chi connectivity index (χ1) is 15.4. The molecule has 2 N–H and O–H groups in total. The van der Waals surface area contributed by atoms with Crippen molar-refractivity contribution in [3.8, 4) is 5.75 Å². The van der Waals surface area contributed by atoms with Gasteiger partial charge in [0.2, 0.25) is 15.9 Å². The Balaban J connectivity index is 1.53. The first-order valence-electron chi connectivity index (χ1n) is 9.99. The first-order valence-corrected chi connectivity index (χ1v) is 11.5. The fraction of sp³-hybridized carbons (Fsp3) is 0.125. The number of hydrogen-bond acceptors (Lipinski definition) is 5. The number of sulfonamides is 1. The van der Waals surface area contributed by atoms with Crippen molar-refractivity contribution in [1.82, 2.24) is 4.72 Å². The van der Waals surface area contributed by atoms with E-state index in [2.05, 4.69) is 10.0 Å². The number of fused-ring (bicyclic) bond motifs is 3. The van der Waals surface area contributed by atoms with Gasteiger partial charge in [0, 0.05) is 29.5 Å². The Morgan fingerprint density at radius 2 is 1.78 bits per heavy atom. The number of furan rings is 1. The minimum atomic E-state index is -3.51. The van der Waals surface area contributed by atoms with Gasteiger partial charge in [0.15, 0.2) is 0 Å². The number of hydrogen-bond donors (Lipinski definition) is 2. The van der Waals surface area contributed by atoms with Crippen LogP contribution in [0.4, 0.5) is 5.69 Å². The van der Waals surface area contributed by atoms with Crippen molar-refractivity contribution in [2.75, 3.05) is 19.0 Å². The molecule has 0 aliphatic carbocycles. The third-order valence-corrected chi connectivity index (χ3v) is 6.47. The summed E-state index contributed by atoms with van der Waals surface area (Å²) in [5.74, 6) is 0.159. The van der Waals surface area contributed by atoms with Gasteiger partial charge in [-0.05, 0) is 35.9 Å². The second-order valence-electron chi connectivity index (χ2n) is 7.04. The van der Waals surface area contributed by atoms with Crippen molar-refractivity contribution in [2.24, 2.45) is 0 Å². The van der Waals surface area contributed by atoms with Crippen molar-refractivity contribution in [1.29, 1.82) is 0 Å². The maximum Gasteiger partial charge on any atom is 0.248 e.